The monoisotopic (exact) mass is 487 g/mol. The molecule has 4 rings (SSSR count). The molecule has 0 atom stereocenters. The van der Waals surface area contributed by atoms with Crippen LogP contribution in [-0.4, -0.2) is 42.5 Å². The van der Waals surface area contributed by atoms with Crippen LogP contribution in [0.3, 0.4) is 0 Å². The fraction of sp³-hybridized carbons (Fsp3) is 0.333. The van der Waals surface area contributed by atoms with Gasteiger partial charge in [0.2, 0.25) is 15.9 Å². The van der Waals surface area contributed by atoms with E-state index >= 15 is 0 Å². The number of hydrogen-bond acceptors (Lipinski definition) is 5. The zero-order valence-corrected chi connectivity index (χ0v) is 20.0. The molecule has 0 bridgehead atoms. The number of anilines is 1. The summed E-state index contributed by atoms with van der Waals surface area (Å²) < 4.78 is 41.2. The van der Waals surface area contributed by atoms with Crippen LogP contribution in [0.1, 0.15) is 31.2 Å². The fourth-order valence-corrected chi connectivity index (χ4v) is 6.23. The summed E-state index contributed by atoms with van der Waals surface area (Å²) >= 11 is 1.27. The van der Waals surface area contributed by atoms with Crippen molar-refractivity contribution in [3.8, 4) is 0 Å². The number of nitrogens with one attached hydrogen (secondary N) is 1. The van der Waals surface area contributed by atoms with Crippen LogP contribution in [0, 0.1) is 12.7 Å². The summed E-state index contributed by atoms with van der Waals surface area (Å²) in [6, 6.07) is 12.6. The van der Waals surface area contributed by atoms with Gasteiger partial charge in [-0.3, -0.25) is 4.79 Å². The molecule has 33 heavy (non-hydrogen) atoms. The lowest BCUT2D eigenvalue weighted by molar-refractivity contribution is -0.113. The van der Waals surface area contributed by atoms with Gasteiger partial charge >= 0.3 is 0 Å². The summed E-state index contributed by atoms with van der Waals surface area (Å²) in [5.74, 6) is -0.552. The van der Waals surface area contributed by atoms with E-state index < -0.39 is 15.8 Å². The predicted octanol–water partition coefficient (Wildman–Crippen LogP) is 4.98. The van der Waals surface area contributed by atoms with Crippen molar-refractivity contribution in [1.82, 2.24) is 9.29 Å². The first kappa shape index (κ1) is 23.7. The van der Waals surface area contributed by atoms with Crippen LogP contribution in [0.4, 0.5) is 10.1 Å². The molecule has 0 aliphatic carbocycles. The number of aryl methyl sites for hydroxylation is 1. The van der Waals surface area contributed by atoms with Gasteiger partial charge in [-0.2, -0.15) is 4.31 Å². The van der Waals surface area contributed by atoms with Gasteiger partial charge in [0.15, 0.2) is 0 Å². The van der Waals surface area contributed by atoms with Crippen LogP contribution in [0.25, 0.3) is 10.9 Å². The van der Waals surface area contributed by atoms with Crippen LogP contribution < -0.4 is 5.32 Å². The number of pyridine rings is 1. The SMILES string of the molecule is Cc1cc(SCC(=O)Nc2cccc(F)c2)nc2ccc(S(=O)(=O)N3CCCCCC3)cc12. The molecule has 1 saturated heterocycles. The summed E-state index contributed by atoms with van der Waals surface area (Å²) in [6.07, 6.45) is 3.91. The molecule has 0 saturated carbocycles. The zero-order valence-electron chi connectivity index (χ0n) is 18.4. The predicted molar refractivity (Wildman–Crippen MR) is 129 cm³/mol. The number of nitrogens with zero attached hydrogens (tertiary/aromatic N) is 2. The molecule has 0 unspecified atom stereocenters. The molecule has 0 spiro atoms. The van der Waals surface area contributed by atoms with Crippen LogP contribution in [0.5, 0.6) is 0 Å². The van der Waals surface area contributed by atoms with Gasteiger partial charge in [-0.1, -0.05) is 30.7 Å². The molecule has 2 heterocycles. The maximum absolute atomic E-state index is 13.3. The summed E-state index contributed by atoms with van der Waals surface area (Å²) in [5, 5.41) is 4.11. The maximum atomic E-state index is 13.3. The Labute approximate surface area is 197 Å². The Bertz CT molecular complexity index is 1270. The fourth-order valence-electron chi connectivity index (χ4n) is 3.91. The zero-order chi connectivity index (χ0) is 23.4. The Kier molecular flexibility index (Phi) is 7.31. The highest BCUT2D eigenvalue weighted by atomic mass is 32.2. The lowest BCUT2D eigenvalue weighted by Crippen LogP contribution is -2.31. The number of carbonyl (C=O) groups excluding carboxylic acids is 1. The van der Waals surface area contributed by atoms with E-state index in [0.29, 0.717) is 29.3 Å². The van der Waals surface area contributed by atoms with E-state index in [4.69, 9.17) is 0 Å². The third-order valence-corrected chi connectivity index (χ3v) is 8.43. The Morgan fingerprint density at radius 2 is 1.85 bits per heavy atom. The Hall–Kier alpha value is -2.49. The second kappa shape index (κ2) is 10.2. The summed E-state index contributed by atoms with van der Waals surface area (Å²) in [7, 11) is -3.54. The third-order valence-electron chi connectivity index (χ3n) is 5.63. The molecular weight excluding hydrogens is 461 g/mol. The first-order chi connectivity index (χ1) is 15.8. The summed E-state index contributed by atoms with van der Waals surface area (Å²) in [4.78, 5) is 17.1. The standard InChI is InChI=1S/C24H26FN3O3S2/c1-17-13-24(32-16-23(29)26-19-8-6-7-18(25)14-19)27-22-10-9-20(15-21(17)22)33(30,31)28-11-4-2-3-5-12-28/h6-10,13-15H,2-5,11-12,16H2,1H3,(H,26,29). The first-order valence-corrected chi connectivity index (χ1v) is 13.4. The molecule has 1 aromatic heterocycles. The van der Waals surface area contributed by atoms with Crippen molar-refractivity contribution in [3.05, 3.63) is 59.9 Å². The van der Waals surface area contributed by atoms with Crippen LogP contribution in [0.2, 0.25) is 0 Å². The molecule has 1 fully saturated rings. The molecule has 9 heteroatoms. The van der Waals surface area contributed by atoms with E-state index in [1.54, 1.807) is 28.6 Å². The Morgan fingerprint density at radius 1 is 1.09 bits per heavy atom. The second-order valence-electron chi connectivity index (χ2n) is 8.12. The number of benzene rings is 2. The number of carbonyl (C=O) groups is 1. The number of aromatic nitrogens is 1. The Balaban J connectivity index is 1.49. The summed E-state index contributed by atoms with van der Waals surface area (Å²) in [6.45, 7) is 3.03. The Morgan fingerprint density at radius 3 is 2.58 bits per heavy atom. The van der Waals surface area contributed by atoms with Crippen molar-refractivity contribution in [2.45, 2.75) is 42.5 Å². The van der Waals surface area contributed by atoms with Gasteiger partial charge in [0.05, 0.1) is 21.2 Å². The highest BCUT2D eigenvalue weighted by Gasteiger charge is 2.25. The van der Waals surface area contributed by atoms with E-state index in [0.717, 1.165) is 36.6 Å². The van der Waals surface area contributed by atoms with Crippen LogP contribution in [0.15, 0.2) is 58.5 Å². The number of halogens is 1. The van der Waals surface area contributed by atoms with Crippen molar-refractivity contribution in [1.29, 1.82) is 0 Å². The van der Waals surface area contributed by atoms with Crippen molar-refractivity contribution in [2.24, 2.45) is 0 Å². The molecule has 1 N–H and O–H groups in total. The first-order valence-electron chi connectivity index (χ1n) is 10.9. The number of thioether (sulfide) groups is 1. The minimum atomic E-state index is -3.54. The highest BCUT2D eigenvalue weighted by molar-refractivity contribution is 7.99. The minimum Gasteiger partial charge on any atom is -0.325 e. The largest absolute Gasteiger partial charge is 0.325 e. The van der Waals surface area contributed by atoms with Crippen LogP contribution in [-0.2, 0) is 14.8 Å². The summed E-state index contributed by atoms with van der Waals surface area (Å²) in [5.41, 5.74) is 1.97. The van der Waals surface area contributed by atoms with E-state index in [2.05, 4.69) is 10.3 Å². The lowest BCUT2D eigenvalue weighted by Gasteiger charge is -2.20. The van der Waals surface area contributed by atoms with Crippen molar-refractivity contribution >= 4 is 44.3 Å². The number of fused-ring (bicyclic) bond motifs is 1. The number of rotatable bonds is 6. The molecule has 174 valence electrons. The average Bonchev–Trinajstić information content (AvgIpc) is 3.08. The molecule has 2 aromatic carbocycles. The van der Waals surface area contributed by atoms with Gasteiger partial charge < -0.3 is 5.32 Å². The molecule has 0 radical (unpaired) electrons. The van der Waals surface area contributed by atoms with Crippen molar-refractivity contribution < 1.29 is 17.6 Å². The molecular formula is C24H26FN3O3S2. The van der Waals surface area contributed by atoms with E-state index in [1.165, 1.54) is 30.0 Å². The second-order valence-corrected chi connectivity index (χ2v) is 11.1. The van der Waals surface area contributed by atoms with E-state index in [1.807, 2.05) is 13.0 Å². The van der Waals surface area contributed by atoms with Gasteiger partial charge in [-0.15, -0.1) is 0 Å². The number of hydrogen-bond donors (Lipinski definition) is 1. The smallest absolute Gasteiger partial charge is 0.243 e. The molecule has 6 nitrogen and oxygen atoms in total. The van der Waals surface area contributed by atoms with E-state index in [-0.39, 0.29) is 16.6 Å². The topological polar surface area (TPSA) is 79.4 Å². The van der Waals surface area contributed by atoms with Gasteiger partial charge in [0.1, 0.15) is 5.82 Å². The average molecular weight is 488 g/mol. The highest BCUT2D eigenvalue weighted by Crippen LogP contribution is 2.28. The lowest BCUT2D eigenvalue weighted by atomic mass is 10.1. The molecule has 3 aromatic rings. The quantitative estimate of drug-likeness (QED) is 0.496. The molecule has 1 aliphatic rings. The minimum absolute atomic E-state index is 0.121. The van der Waals surface area contributed by atoms with Gasteiger partial charge in [0.25, 0.3) is 0 Å². The number of amides is 1. The molecule has 1 aliphatic heterocycles. The van der Waals surface area contributed by atoms with Gasteiger partial charge in [0, 0.05) is 24.2 Å². The maximum Gasteiger partial charge on any atom is 0.243 e. The number of sulfonamides is 1. The van der Waals surface area contributed by atoms with E-state index in [9.17, 15) is 17.6 Å². The molecule has 1 amide bonds. The normalized spacial score (nSPS) is 15.3. The van der Waals surface area contributed by atoms with Crippen LogP contribution >= 0.6 is 11.8 Å². The van der Waals surface area contributed by atoms with Crippen molar-refractivity contribution in [3.63, 3.8) is 0 Å². The van der Waals surface area contributed by atoms with Gasteiger partial charge in [-0.05, 0) is 67.8 Å². The van der Waals surface area contributed by atoms with Crippen molar-refractivity contribution in [2.75, 3.05) is 24.2 Å². The third kappa shape index (κ3) is 5.72. The van der Waals surface area contributed by atoms with Gasteiger partial charge in [-0.25, -0.2) is 17.8 Å².